The summed E-state index contributed by atoms with van der Waals surface area (Å²) in [7, 11) is 0. The molecule has 0 unspecified atom stereocenters. The second kappa shape index (κ2) is 6.90. The van der Waals surface area contributed by atoms with Gasteiger partial charge in [0.2, 0.25) is 0 Å². The summed E-state index contributed by atoms with van der Waals surface area (Å²) in [6.45, 7) is 8.71. The van der Waals surface area contributed by atoms with Gasteiger partial charge >= 0.3 is 0 Å². The van der Waals surface area contributed by atoms with E-state index < -0.39 is 0 Å². The molecule has 0 bridgehead atoms. The van der Waals surface area contributed by atoms with Crippen LogP contribution in [0.2, 0.25) is 0 Å². The lowest BCUT2D eigenvalue weighted by Crippen LogP contribution is -2.22. The van der Waals surface area contributed by atoms with Crippen molar-refractivity contribution < 1.29 is 0 Å². The third-order valence-electron chi connectivity index (χ3n) is 2.04. The van der Waals surface area contributed by atoms with Gasteiger partial charge in [0, 0.05) is 19.4 Å². The number of aryl methyl sites for hydroxylation is 1. The molecule has 0 spiro atoms. The minimum Gasteiger partial charge on any atom is -0.316 e. The van der Waals surface area contributed by atoms with Crippen LogP contribution in [0.1, 0.15) is 37.2 Å². The third-order valence-corrected chi connectivity index (χ3v) is 3.08. The predicted octanol–water partition coefficient (Wildman–Crippen LogP) is 2.28. The highest BCUT2D eigenvalue weighted by molar-refractivity contribution is 7.11. The van der Waals surface area contributed by atoms with Gasteiger partial charge < -0.3 is 5.32 Å². The van der Waals surface area contributed by atoms with E-state index in [-0.39, 0.29) is 0 Å². The highest BCUT2D eigenvalue weighted by Gasteiger charge is 2.02. The molecule has 1 aromatic heterocycles. The Balaban J connectivity index is 2.19. The molecule has 1 heterocycles. The Morgan fingerprint density at radius 3 is 2.47 bits per heavy atom. The van der Waals surface area contributed by atoms with Gasteiger partial charge in [-0.05, 0) is 18.9 Å². The largest absolute Gasteiger partial charge is 0.316 e. The molecule has 0 aliphatic heterocycles. The van der Waals surface area contributed by atoms with E-state index in [1.807, 2.05) is 0 Å². The molecule has 0 saturated carbocycles. The fourth-order valence-electron chi connectivity index (χ4n) is 1.29. The lowest BCUT2D eigenvalue weighted by atomic mass is 10.2. The standard InChI is InChI=1S/C11H21N3S/c1-4-5-10-13-14-11(15-10)6-7-12-8-9(2)3/h9,12H,4-8H2,1-3H3. The van der Waals surface area contributed by atoms with Crippen LogP contribution in [0, 0.1) is 5.92 Å². The average molecular weight is 227 g/mol. The zero-order chi connectivity index (χ0) is 11.1. The summed E-state index contributed by atoms with van der Waals surface area (Å²) in [5.41, 5.74) is 0. The van der Waals surface area contributed by atoms with E-state index in [2.05, 4.69) is 36.3 Å². The smallest absolute Gasteiger partial charge is 0.118 e. The van der Waals surface area contributed by atoms with Crippen LogP contribution in [0.15, 0.2) is 0 Å². The topological polar surface area (TPSA) is 37.8 Å². The van der Waals surface area contributed by atoms with Crippen molar-refractivity contribution in [1.82, 2.24) is 15.5 Å². The first-order chi connectivity index (χ1) is 7.22. The van der Waals surface area contributed by atoms with Crippen molar-refractivity contribution in [3.63, 3.8) is 0 Å². The summed E-state index contributed by atoms with van der Waals surface area (Å²) in [4.78, 5) is 0. The first kappa shape index (κ1) is 12.6. The highest BCUT2D eigenvalue weighted by atomic mass is 32.1. The fourth-order valence-corrected chi connectivity index (χ4v) is 2.24. The minimum atomic E-state index is 0.718. The van der Waals surface area contributed by atoms with Crippen LogP contribution in [0.4, 0.5) is 0 Å². The van der Waals surface area contributed by atoms with Crippen molar-refractivity contribution in [3.05, 3.63) is 10.0 Å². The summed E-state index contributed by atoms with van der Waals surface area (Å²) < 4.78 is 0. The first-order valence-electron chi connectivity index (χ1n) is 5.74. The summed E-state index contributed by atoms with van der Waals surface area (Å²) >= 11 is 1.75. The Labute approximate surface area is 96.3 Å². The molecule has 1 N–H and O–H groups in total. The Morgan fingerprint density at radius 1 is 1.20 bits per heavy atom. The Bertz CT molecular complexity index is 271. The van der Waals surface area contributed by atoms with Crippen LogP contribution in [0.5, 0.6) is 0 Å². The van der Waals surface area contributed by atoms with Crippen LogP contribution in [-0.4, -0.2) is 23.3 Å². The van der Waals surface area contributed by atoms with Crippen molar-refractivity contribution in [2.45, 2.75) is 40.0 Å². The van der Waals surface area contributed by atoms with Gasteiger partial charge in [0.25, 0.3) is 0 Å². The summed E-state index contributed by atoms with van der Waals surface area (Å²) in [6.07, 6.45) is 3.23. The fraction of sp³-hybridized carbons (Fsp3) is 0.818. The molecule has 0 fully saturated rings. The molecule has 0 atom stereocenters. The Hall–Kier alpha value is -0.480. The van der Waals surface area contributed by atoms with Crippen LogP contribution in [0.25, 0.3) is 0 Å². The Morgan fingerprint density at radius 2 is 1.87 bits per heavy atom. The summed E-state index contributed by atoms with van der Waals surface area (Å²) in [6, 6.07) is 0. The van der Waals surface area contributed by atoms with Crippen molar-refractivity contribution >= 4 is 11.3 Å². The molecule has 4 heteroatoms. The summed E-state index contributed by atoms with van der Waals surface area (Å²) in [5.74, 6) is 0.718. The van der Waals surface area contributed by atoms with Crippen LogP contribution >= 0.6 is 11.3 Å². The molecule has 1 aromatic rings. The van der Waals surface area contributed by atoms with Crippen LogP contribution < -0.4 is 5.32 Å². The van der Waals surface area contributed by atoms with Gasteiger partial charge in [-0.15, -0.1) is 21.5 Å². The molecular formula is C11H21N3S. The number of hydrogen-bond donors (Lipinski definition) is 1. The molecule has 86 valence electrons. The van der Waals surface area contributed by atoms with E-state index in [1.165, 1.54) is 5.01 Å². The van der Waals surface area contributed by atoms with Crippen LogP contribution in [0.3, 0.4) is 0 Å². The van der Waals surface area contributed by atoms with Gasteiger partial charge in [0.1, 0.15) is 10.0 Å². The minimum absolute atomic E-state index is 0.718. The quantitative estimate of drug-likeness (QED) is 0.726. The number of nitrogens with one attached hydrogen (secondary N) is 1. The van der Waals surface area contributed by atoms with E-state index in [9.17, 15) is 0 Å². The third kappa shape index (κ3) is 5.23. The van der Waals surface area contributed by atoms with Crippen molar-refractivity contribution in [2.75, 3.05) is 13.1 Å². The maximum atomic E-state index is 4.18. The molecule has 1 rings (SSSR count). The molecule has 3 nitrogen and oxygen atoms in total. The lowest BCUT2D eigenvalue weighted by molar-refractivity contribution is 0.553. The van der Waals surface area contributed by atoms with Gasteiger partial charge in [0.15, 0.2) is 0 Å². The number of aromatic nitrogens is 2. The van der Waals surface area contributed by atoms with E-state index in [1.54, 1.807) is 11.3 Å². The zero-order valence-corrected chi connectivity index (χ0v) is 10.7. The van der Waals surface area contributed by atoms with Gasteiger partial charge in [-0.3, -0.25) is 0 Å². The van der Waals surface area contributed by atoms with Gasteiger partial charge in [-0.1, -0.05) is 20.8 Å². The lowest BCUT2D eigenvalue weighted by Gasteiger charge is -2.04. The Kier molecular flexibility index (Phi) is 5.79. The van der Waals surface area contributed by atoms with Gasteiger partial charge in [-0.2, -0.15) is 0 Å². The normalized spacial score (nSPS) is 11.2. The molecule has 0 aromatic carbocycles. The van der Waals surface area contributed by atoms with Crippen LogP contribution in [-0.2, 0) is 12.8 Å². The number of rotatable bonds is 7. The maximum absolute atomic E-state index is 4.18. The highest BCUT2D eigenvalue weighted by Crippen LogP contribution is 2.11. The SMILES string of the molecule is CCCc1nnc(CCNCC(C)C)s1. The van der Waals surface area contributed by atoms with E-state index in [0.29, 0.717) is 0 Å². The van der Waals surface area contributed by atoms with Gasteiger partial charge in [-0.25, -0.2) is 0 Å². The van der Waals surface area contributed by atoms with Crippen molar-refractivity contribution in [2.24, 2.45) is 5.92 Å². The number of nitrogens with zero attached hydrogens (tertiary/aromatic N) is 2. The van der Waals surface area contributed by atoms with Crippen molar-refractivity contribution in [1.29, 1.82) is 0 Å². The maximum Gasteiger partial charge on any atom is 0.118 e. The molecule has 0 amide bonds. The molecular weight excluding hydrogens is 206 g/mol. The second-order valence-electron chi connectivity index (χ2n) is 4.19. The first-order valence-corrected chi connectivity index (χ1v) is 6.56. The molecule has 0 radical (unpaired) electrons. The van der Waals surface area contributed by atoms with E-state index >= 15 is 0 Å². The van der Waals surface area contributed by atoms with E-state index in [4.69, 9.17) is 0 Å². The van der Waals surface area contributed by atoms with Gasteiger partial charge in [0.05, 0.1) is 0 Å². The monoisotopic (exact) mass is 227 g/mol. The molecule has 0 aliphatic rings. The second-order valence-corrected chi connectivity index (χ2v) is 5.33. The number of hydrogen-bond acceptors (Lipinski definition) is 4. The molecule has 15 heavy (non-hydrogen) atoms. The molecule has 0 saturated heterocycles. The zero-order valence-electron chi connectivity index (χ0n) is 9.92. The van der Waals surface area contributed by atoms with E-state index in [0.717, 1.165) is 43.3 Å². The summed E-state index contributed by atoms with van der Waals surface area (Å²) in [5, 5.41) is 14.1. The van der Waals surface area contributed by atoms with Crippen molar-refractivity contribution in [3.8, 4) is 0 Å². The molecule has 0 aliphatic carbocycles. The predicted molar refractivity (Wildman–Crippen MR) is 65.3 cm³/mol. The average Bonchev–Trinajstić information content (AvgIpc) is 2.61.